The highest BCUT2D eigenvalue weighted by atomic mass is 35.5. The highest BCUT2D eigenvalue weighted by molar-refractivity contribution is 6.35. The van der Waals surface area contributed by atoms with Crippen LogP contribution in [0.25, 0.3) is 0 Å². The van der Waals surface area contributed by atoms with Crippen molar-refractivity contribution < 1.29 is 9.53 Å². The van der Waals surface area contributed by atoms with E-state index in [1.807, 2.05) is 30.3 Å². The van der Waals surface area contributed by atoms with Gasteiger partial charge in [-0.2, -0.15) is 4.68 Å². The number of hydrogen-bond donors (Lipinski definition) is 1. The Hall–Kier alpha value is -2.90. The first kappa shape index (κ1) is 21.0. The van der Waals surface area contributed by atoms with Crippen LogP contribution in [0.2, 0.25) is 10.0 Å². The molecule has 1 unspecified atom stereocenters. The van der Waals surface area contributed by atoms with Gasteiger partial charge in [-0.3, -0.25) is 4.79 Å². The van der Waals surface area contributed by atoms with E-state index >= 15 is 0 Å². The number of nitrogens with zero attached hydrogens (tertiary/aromatic N) is 4. The smallest absolute Gasteiger partial charge is 0.248 e. The van der Waals surface area contributed by atoms with Crippen molar-refractivity contribution in [1.29, 1.82) is 0 Å². The number of aromatic nitrogens is 4. The average Bonchev–Trinajstić information content (AvgIpc) is 3.19. The van der Waals surface area contributed by atoms with Crippen LogP contribution in [0, 0.1) is 5.41 Å². The summed E-state index contributed by atoms with van der Waals surface area (Å²) in [6.45, 7) is 4.52. The van der Waals surface area contributed by atoms with E-state index in [2.05, 4.69) is 34.7 Å². The number of carbonyl (C=O) groups excluding carboxylic acids is 1. The first-order valence-electron chi connectivity index (χ1n) is 10.3. The summed E-state index contributed by atoms with van der Waals surface area (Å²) in [7, 11) is 0. The van der Waals surface area contributed by atoms with Gasteiger partial charge in [-0.05, 0) is 52.1 Å². The van der Waals surface area contributed by atoms with Crippen LogP contribution in [0.3, 0.4) is 0 Å². The number of Topliss-reactive ketones (excluding diaryl/α,β-unsaturated/α-hetero) is 1. The maximum absolute atomic E-state index is 13.1. The number of carbonyl (C=O) groups is 1. The van der Waals surface area contributed by atoms with Crippen LogP contribution < -0.4 is 10.1 Å². The molecule has 32 heavy (non-hydrogen) atoms. The number of nitrogens with one attached hydrogen (secondary N) is 1. The fraction of sp³-hybridized carbons (Fsp3) is 0.304. The van der Waals surface area contributed by atoms with Gasteiger partial charge in [0.1, 0.15) is 18.4 Å². The third kappa shape index (κ3) is 3.87. The fourth-order valence-corrected chi connectivity index (χ4v) is 4.79. The van der Waals surface area contributed by atoms with E-state index in [9.17, 15) is 4.79 Å². The second kappa shape index (κ2) is 7.90. The second-order valence-electron chi connectivity index (χ2n) is 8.90. The van der Waals surface area contributed by atoms with Crippen molar-refractivity contribution in [1.82, 2.24) is 20.2 Å². The molecule has 164 valence electrons. The third-order valence-electron chi connectivity index (χ3n) is 5.80. The van der Waals surface area contributed by atoms with Gasteiger partial charge in [0, 0.05) is 33.3 Å². The number of rotatable bonds is 4. The zero-order chi connectivity index (χ0) is 22.5. The zero-order valence-electron chi connectivity index (χ0n) is 17.6. The van der Waals surface area contributed by atoms with E-state index in [0.29, 0.717) is 34.8 Å². The number of tetrazole rings is 1. The van der Waals surface area contributed by atoms with Crippen LogP contribution in [0.15, 0.2) is 53.7 Å². The fourth-order valence-electron chi connectivity index (χ4n) is 4.32. The highest BCUT2D eigenvalue weighted by Gasteiger charge is 2.41. The molecule has 1 atom stereocenters. The molecule has 0 bridgehead atoms. The van der Waals surface area contributed by atoms with Crippen molar-refractivity contribution in [3.8, 4) is 5.75 Å². The number of anilines is 1. The number of benzene rings is 2. The molecule has 0 fully saturated rings. The molecule has 0 spiro atoms. The maximum Gasteiger partial charge on any atom is 0.248 e. The quantitative estimate of drug-likeness (QED) is 0.563. The molecule has 9 heteroatoms. The van der Waals surface area contributed by atoms with E-state index < -0.39 is 0 Å². The number of fused-ring (bicyclic) bond motifs is 1. The van der Waals surface area contributed by atoms with Crippen molar-refractivity contribution in [2.24, 2.45) is 5.41 Å². The summed E-state index contributed by atoms with van der Waals surface area (Å²) in [5, 5.41) is 16.5. The lowest BCUT2D eigenvalue weighted by molar-refractivity contribution is -0.118. The summed E-state index contributed by atoms with van der Waals surface area (Å²) < 4.78 is 7.56. The van der Waals surface area contributed by atoms with E-state index in [4.69, 9.17) is 27.9 Å². The maximum atomic E-state index is 13.1. The summed E-state index contributed by atoms with van der Waals surface area (Å²) >= 11 is 12.2. The minimum atomic E-state index is -0.375. The summed E-state index contributed by atoms with van der Waals surface area (Å²) in [4.78, 5) is 13.1. The molecule has 0 saturated carbocycles. The molecule has 1 aliphatic heterocycles. The van der Waals surface area contributed by atoms with Crippen molar-refractivity contribution in [3.63, 3.8) is 0 Å². The molecule has 3 aromatic rings. The summed E-state index contributed by atoms with van der Waals surface area (Å²) in [5.74, 6) is 1.35. The van der Waals surface area contributed by atoms with Gasteiger partial charge < -0.3 is 10.1 Å². The molecule has 7 nitrogen and oxygen atoms in total. The van der Waals surface area contributed by atoms with Crippen LogP contribution in [-0.4, -0.2) is 26.0 Å². The van der Waals surface area contributed by atoms with Crippen LogP contribution in [-0.2, 0) is 11.4 Å². The molecule has 1 aliphatic carbocycles. The number of allylic oxidation sites excluding steroid dienone is 2. The van der Waals surface area contributed by atoms with Crippen LogP contribution in [0.5, 0.6) is 5.75 Å². The van der Waals surface area contributed by atoms with Crippen LogP contribution >= 0.6 is 23.2 Å². The van der Waals surface area contributed by atoms with Gasteiger partial charge in [-0.25, -0.2) is 0 Å². The van der Waals surface area contributed by atoms with Crippen molar-refractivity contribution in [3.05, 3.63) is 74.9 Å². The van der Waals surface area contributed by atoms with E-state index in [0.717, 1.165) is 28.8 Å². The lowest BCUT2D eigenvalue weighted by Gasteiger charge is -2.37. The molecule has 5 rings (SSSR count). The van der Waals surface area contributed by atoms with E-state index in [1.54, 1.807) is 16.8 Å². The normalized spacial score (nSPS) is 19.2. The van der Waals surface area contributed by atoms with Gasteiger partial charge in [-0.15, -0.1) is 0 Å². The molecule has 1 aromatic heterocycles. The molecule has 2 heterocycles. The minimum Gasteiger partial charge on any atom is -0.489 e. The SMILES string of the molecule is CC1(C)CC(=O)C2=C(C1)Nc1nnnn1C2c1ccc(OCc2ccc(Cl)cc2Cl)cc1. The predicted octanol–water partition coefficient (Wildman–Crippen LogP) is 5.22. The first-order valence-corrected chi connectivity index (χ1v) is 11.0. The number of ether oxygens (including phenoxy) is 1. The second-order valence-corrected chi connectivity index (χ2v) is 9.74. The minimum absolute atomic E-state index is 0.107. The number of halogens is 2. The predicted molar refractivity (Wildman–Crippen MR) is 122 cm³/mol. The summed E-state index contributed by atoms with van der Waals surface area (Å²) in [5.41, 5.74) is 3.28. The van der Waals surface area contributed by atoms with Gasteiger partial charge in [0.15, 0.2) is 5.78 Å². The van der Waals surface area contributed by atoms with E-state index in [-0.39, 0.29) is 17.2 Å². The highest BCUT2D eigenvalue weighted by Crippen LogP contribution is 2.45. The van der Waals surface area contributed by atoms with Gasteiger partial charge in [0.2, 0.25) is 5.95 Å². The van der Waals surface area contributed by atoms with Crippen molar-refractivity contribution in [2.45, 2.75) is 39.3 Å². The zero-order valence-corrected chi connectivity index (χ0v) is 19.1. The Balaban J connectivity index is 1.42. The first-order chi connectivity index (χ1) is 15.3. The molecule has 0 saturated heterocycles. The summed E-state index contributed by atoms with van der Waals surface area (Å²) in [6.07, 6.45) is 1.25. The molecule has 0 amide bonds. The largest absolute Gasteiger partial charge is 0.489 e. The summed E-state index contributed by atoms with van der Waals surface area (Å²) in [6, 6.07) is 12.6. The third-order valence-corrected chi connectivity index (χ3v) is 6.39. The molecule has 2 aromatic carbocycles. The van der Waals surface area contributed by atoms with Gasteiger partial charge in [0.05, 0.1) is 0 Å². The lowest BCUT2D eigenvalue weighted by Crippen LogP contribution is -2.36. The lowest BCUT2D eigenvalue weighted by atomic mass is 9.73. The Morgan fingerprint density at radius 3 is 2.69 bits per heavy atom. The van der Waals surface area contributed by atoms with E-state index in [1.165, 1.54) is 0 Å². The average molecular weight is 470 g/mol. The number of hydrogen-bond acceptors (Lipinski definition) is 6. The molecular formula is C23H21Cl2N5O2. The molecular weight excluding hydrogens is 449 g/mol. The Kier molecular flexibility index (Phi) is 5.18. The van der Waals surface area contributed by atoms with Crippen LogP contribution in [0.1, 0.15) is 43.9 Å². The molecule has 2 aliphatic rings. The van der Waals surface area contributed by atoms with Gasteiger partial charge >= 0.3 is 0 Å². The topological polar surface area (TPSA) is 81.9 Å². The Morgan fingerprint density at radius 1 is 1.16 bits per heavy atom. The number of ketones is 1. The molecule has 0 radical (unpaired) electrons. The van der Waals surface area contributed by atoms with Crippen molar-refractivity contribution in [2.75, 3.05) is 5.32 Å². The standard InChI is InChI=1S/C23H21Cl2N5O2/c1-23(2)10-18-20(19(31)11-23)21(30-22(26-18)27-28-29-30)13-4-7-16(8-5-13)32-12-14-3-6-15(24)9-17(14)25/h3-9,21H,10-12H2,1-2H3,(H,26,27,29). The monoisotopic (exact) mass is 469 g/mol. The van der Waals surface area contributed by atoms with Gasteiger partial charge in [0.25, 0.3) is 0 Å². The molecule has 1 N–H and O–H groups in total. The van der Waals surface area contributed by atoms with Crippen molar-refractivity contribution >= 4 is 34.9 Å². The van der Waals surface area contributed by atoms with Crippen LogP contribution in [0.4, 0.5) is 5.95 Å². The van der Waals surface area contributed by atoms with Gasteiger partial charge in [-0.1, -0.05) is 60.3 Å². The Bertz CT molecular complexity index is 1230. The Labute approximate surface area is 195 Å². The Morgan fingerprint density at radius 2 is 1.94 bits per heavy atom.